The first kappa shape index (κ1) is 12.7. The molecule has 5 heteroatoms. The summed E-state index contributed by atoms with van der Waals surface area (Å²) >= 11 is 0. The normalized spacial score (nSPS) is 11.6. The largest absolute Gasteiger partial charge is 0.405 e. The standard InChI is InChI=1S/C11H15F3N2/c1-3-16(7-11(12,13)14)10-6-4-5-9(15)8(10)2/h4-6H,3,7,15H2,1-2H3. The van der Waals surface area contributed by atoms with Crippen LogP contribution in [0.3, 0.4) is 0 Å². The number of rotatable bonds is 3. The second kappa shape index (κ2) is 4.63. The summed E-state index contributed by atoms with van der Waals surface area (Å²) in [5, 5.41) is 0. The van der Waals surface area contributed by atoms with Crippen molar-refractivity contribution in [2.24, 2.45) is 0 Å². The molecule has 0 spiro atoms. The summed E-state index contributed by atoms with van der Waals surface area (Å²) < 4.78 is 37.0. The van der Waals surface area contributed by atoms with Crippen molar-refractivity contribution < 1.29 is 13.2 Å². The van der Waals surface area contributed by atoms with Gasteiger partial charge in [-0.25, -0.2) is 0 Å². The van der Waals surface area contributed by atoms with Gasteiger partial charge in [0, 0.05) is 17.9 Å². The summed E-state index contributed by atoms with van der Waals surface area (Å²) in [4.78, 5) is 1.27. The summed E-state index contributed by atoms with van der Waals surface area (Å²) in [6.07, 6.45) is -4.20. The predicted octanol–water partition coefficient (Wildman–Crippen LogP) is 2.97. The number of alkyl halides is 3. The molecule has 2 nitrogen and oxygen atoms in total. The molecule has 0 bridgehead atoms. The van der Waals surface area contributed by atoms with Crippen LogP contribution in [0.25, 0.3) is 0 Å². The van der Waals surface area contributed by atoms with Crippen LogP contribution in [-0.2, 0) is 0 Å². The van der Waals surface area contributed by atoms with Crippen LogP contribution in [0, 0.1) is 6.92 Å². The highest BCUT2D eigenvalue weighted by Gasteiger charge is 2.30. The third kappa shape index (κ3) is 3.05. The van der Waals surface area contributed by atoms with Gasteiger partial charge in [0.05, 0.1) is 0 Å². The zero-order chi connectivity index (χ0) is 12.3. The maximum absolute atomic E-state index is 12.3. The molecule has 0 aliphatic heterocycles. The van der Waals surface area contributed by atoms with E-state index in [1.807, 2.05) is 0 Å². The first-order chi connectivity index (χ1) is 7.35. The molecule has 0 saturated heterocycles. The van der Waals surface area contributed by atoms with Crippen molar-refractivity contribution in [1.29, 1.82) is 0 Å². The van der Waals surface area contributed by atoms with Crippen molar-refractivity contribution in [2.75, 3.05) is 23.7 Å². The van der Waals surface area contributed by atoms with E-state index in [1.54, 1.807) is 32.0 Å². The zero-order valence-electron chi connectivity index (χ0n) is 9.30. The van der Waals surface area contributed by atoms with Crippen LogP contribution in [0.2, 0.25) is 0 Å². The van der Waals surface area contributed by atoms with Gasteiger partial charge in [-0.2, -0.15) is 13.2 Å². The molecule has 0 atom stereocenters. The molecule has 0 fully saturated rings. The van der Waals surface area contributed by atoms with E-state index in [9.17, 15) is 13.2 Å². The first-order valence-corrected chi connectivity index (χ1v) is 5.02. The third-order valence-corrected chi connectivity index (χ3v) is 2.44. The Kier molecular flexibility index (Phi) is 3.67. The Bertz CT molecular complexity index is 361. The number of anilines is 2. The molecule has 0 aliphatic carbocycles. The van der Waals surface area contributed by atoms with E-state index in [2.05, 4.69) is 0 Å². The van der Waals surface area contributed by atoms with Crippen LogP contribution >= 0.6 is 0 Å². The van der Waals surface area contributed by atoms with Gasteiger partial charge in [0.25, 0.3) is 0 Å². The van der Waals surface area contributed by atoms with Crippen molar-refractivity contribution in [1.82, 2.24) is 0 Å². The van der Waals surface area contributed by atoms with Crippen LogP contribution in [0.4, 0.5) is 24.5 Å². The van der Waals surface area contributed by atoms with E-state index in [4.69, 9.17) is 5.73 Å². The van der Waals surface area contributed by atoms with E-state index in [0.717, 1.165) is 0 Å². The van der Waals surface area contributed by atoms with Crippen LogP contribution in [0.15, 0.2) is 18.2 Å². The van der Waals surface area contributed by atoms with Crippen molar-refractivity contribution in [3.8, 4) is 0 Å². The van der Waals surface area contributed by atoms with Gasteiger partial charge in [0.15, 0.2) is 0 Å². The monoisotopic (exact) mass is 232 g/mol. The Balaban J connectivity index is 3.00. The molecule has 0 amide bonds. The number of benzene rings is 1. The van der Waals surface area contributed by atoms with Gasteiger partial charge >= 0.3 is 6.18 Å². The van der Waals surface area contributed by atoms with E-state index in [0.29, 0.717) is 23.5 Å². The van der Waals surface area contributed by atoms with Crippen LogP contribution in [0.5, 0.6) is 0 Å². The molecule has 1 aromatic rings. The lowest BCUT2D eigenvalue weighted by atomic mass is 10.1. The quantitative estimate of drug-likeness (QED) is 0.812. The van der Waals surface area contributed by atoms with Gasteiger partial charge in [-0.1, -0.05) is 6.07 Å². The topological polar surface area (TPSA) is 29.3 Å². The highest BCUT2D eigenvalue weighted by atomic mass is 19.4. The fraction of sp³-hybridized carbons (Fsp3) is 0.455. The van der Waals surface area contributed by atoms with Crippen LogP contribution < -0.4 is 10.6 Å². The predicted molar refractivity (Wildman–Crippen MR) is 59.5 cm³/mol. The van der Waals surface area contributed by atoms with Gasteiger partial charge in [-0.05, 0) is 31.5 Å². The lowest BCUT2D eigenvalue weighted by molar-refractivity contribution is -0.119. The van der Waals surface area contributed by atoms with E-state index >= 15 is 0 Å². The minimum Gasteiger partial charge on any atom is -0.398 e. The van der Waals surface area contributed by atoms with Crippen LogP contribution in [-0.4, -0.2) is 19.3 Å². The number of hydrogen-bond donors (Lipinski definition) is 1. The molecule has 1 rings (SSSR count). The molecular formula is C11H15F3N2. The zero-order valence-corrected chi connectivity index (χ0v) is 9.30. The molecule has 0 unspecified atom stereocenters. The highest BCUT2D eigenvalue weighted by molar-refractivity contribution is 5.64. The molecule has 0 saturated carbocycles. The molecule has 0 aromatic heterocycles. The Morgan fingerprint density at radius 3 is 2.44 bits per heavy atom. The SMILES string of the molecule is CCN(CC(F)(F)F)c1cccc(N)c1C. The summed E-state index contributed by atoms with van der Waals surface area (Å²) in [6, 6.07) is 5.00. The Morgan fingerprint density at radius 1 is 1.31 bits per heavy atom. The molecule has 0 heterocycles. The number of halogens is 3. The second-order valence-corrected chi connectivity index (χ2v) is 3.62. The number of nitrogens with two attached hydrogens (primary N) is 1. The molecule has 90 valence electrons. The van der Waals surface area contributed by atoms with Crippen molar-refractivity contribution in [2.45, 2.75) is 20.0 Å². The number of hydrogen-bond acceptors (Lipinski definition) is 2. The Labute approximate surface area is 92.9 Å². The maximum atomic E-state index is 12.3. The van der Waals surface area contributed by atoms with Crippen LogP contribution in [0.1, 0.15) is 12.5 Å². The average Bonchev–Trinajstić information content (AvgIpc) is 2.18. The summed E-state index contributed by atoms with van der Waals surface area (Å²) in [5.41, 5.74) is 7.41. The first-order valence-electron chi connectivity index (χ1n) is 5.02. The van der Waals surface area contributed by atoms with E-state index in [1.165, 1.54) is 4.90 Å². The molecule has 1 aromatic carbocycles. The smallest absolute Gasteiger partial charge is 0.398 e. The minimum atomic E-state index is -4.20. The molecule has 0 aliphatic rings. The molecule has 16 heavy (non-hydrogen) atoms. The molecular weight excluding hydrogens is 217 g/mol. The summed E-state index contributed by atoms with van der Waals surface area (Å²) in [7, 11) is 0. The van der Waals surface area contributed by atoms with Crippen molar-refractivity contribution >= 4 is 11.4 Å². The lowest BCUT2D eigenvalue weighted by Gasteiger charge is -2.26. The van der Waals surface area contributed by atoms with Gasteiger partial charge in [-0.3, -0.25) is 0 Å². The fourth-order valence-electron chi connectivity index (χ4n) is 1.57. The minimum absolute atomic E-state index is 0.295. The van der Waals surface area contributed by atoms with Crippen molar-refractivity contribution in [3.63, 3.8) is 0 Å². The van der Waals surface area contributed by atoms with E-state index < -0.39 is 12.7 Å². The van der Waals surface area contributed by atoms with Gasteiger partial charge in [0.1, 0.15) is 6.54 Å². The van der Waals surface area contributed by atoms with E-state index in [-0.39, 0.29) is 0 Å². The summed E-state index contributed by atoms with van der Waals surface area (Å²) in [5.74, 6) is 0. The second-order valence-electron chi connectivity index (χ2n) is 3.62. The Morgan fingerprint density at radius 2 is 1.94 bits per heavy atom. The van der Waals surface area contributed by atoms with Gasteiger partial charge in [0.2, 0.25) is 0 Å². The maximum Gasteiger partial charge on any atom is 0.405 e. The van der Waals surface area contributed by atoms with Gasteiger partial charge < -0.3 is 10.6 Å². The van der Waals surface area contributed by atoms with Crippen molar-refractivity contribution in [3.05, 3.63) is 23.8 Å². The lowest BCUT2D eigenvalue weighted by Crippen LogP contribution is -2.34. The Hall–Kier alpha value is -1.39. The highest BCUT2D eigenvalue weighted by Crippen LogP contribution is 2.27. The molecule has 2 N–H and O–H groups in total. The summed E-state index contributed by atoms with van der Waals surface area (Å²) in [6.45, 7) is 2.76. The molecule has 0 radical (unpaired) electrons. The number of nitrogens with zero attached hydrogens (tertiary/aromatic N) is 1. The fourth-order valence-corrected chi connectivity index (χ4v) is 1.57. The average molecular weight is 232 g/mol. The third-order valence-electron chi connectivity index (χ3n) is 2.44. The number of nitrogen functional groups attached to an aromatic ring is 1. The van der Waals surface area contributed by atoms with Gasteiger partial charge in [-0.15, -0.1) is 0 Å².